The van der Waals surface area contributed by atoms with E-state index in [0.29, 0.717) is 38.0 Å². The third-order valence-electron chi connectivity index (χ3n) is 6.85. The summed E-state index contributed by atoms with van der Waals surface area (Å²) in [6.07, 6.45) is 2.92. The lowest BCUT2D eigenvalue weighted by Crippen LogP contribution is -2.44. The van der Waals surface area contributed by atoms with Crippen molar-refractivity contribution >= 4 is 6.09 Å². The zero-order chi connectivity index (χ0) is 23.3. The Balaban J connectivity index is 1.04. The lowest BCUT2D eigenvalue weighted by Gasteiger charge is -2.36. The summed E-state index contributed by atoms with van der Waals surface area (Å²) in [5.74, 6) is 2.50. The molecule has 3 aliphatic rings. The maximum absolute atomic E-state index is 13.1. The number of cyclic esters (lactones) is 1. The van der Waals surface area contributed by atoms with E-state index in [1.165, 1.54) is 12.1 Å². The van der Waals surface area contributed by atoms with Crippen LogP contribution < -0.4 is 14.2 Å². The van der Waals surface area contributed by atoms with E-state index in [1.807, 2.05) is 24.3 Å². The Bertz CT molecular complexity index is 964. The summed E-state index contributed by atoms with van der Waals surface area (Å²) in [5.41, 5.74) is 0. The molecule has 0 aromatic heterocycles. The van der Waals surface area contributed by atoms with E-state index in [1.54, 1.807) is 17.0 Å². The average Bonchev–Trinajstić information content (AvgIpc) is 3.22. The van der Waals surface area contributed by atoms with Gasteiger partial charge in [0.25, 0.3) is 0 Å². The van der Waals surface area contributed by atoms with Gasteiger partial charge in [0.15, 0.2) is 11.5 Å². The molecule has 0 bridgehead atoms. The second-order valence-electron chi connectivity index (χ2n) is 9.22. The number of fused-ring (bicyclic) bond motifs is 1. The van der Waals surface area contributed by atoms with Crippen LogP contribution in [0.1, 0.15) is 19.3 Å². The van der Waals surface area contributed by atoms with Gasteiger partial charge in [0.2, 0.25) is 0 Å². The third kappa shape index (κ3) is 5.55. The van der Waals surface area contributed by atoms with Crippen molar-refractivity contribution in [3.63, 3.8) is 0 Å². The lowest BCUT2D eigenvalue weighted by atomic mass is 9.93. The Morgan fingerprint density at radius 1 is 0.971 bits per heavy atom. The Morgan fingerprint density at radius 2 is 1.74 bits per heavy atom. The number of halogens is 1. The van der Waals surface area contributed by atoms with E-state index in [0.717, 1.165) is 50.4 Å². The van der Waals surface area contributed by atoms with Crippen LogP contribution in [0.5, 0.6) is 17.2 Å². The van der Waals surface area contributed by atoms with E-state index < -0.39 is 0 Å². The van der Waals surface area contributed by atoms with Gasteiger partial charge in [-0.15, -0.1) is 0 Å². The van der Waals surface area contributed by atoms with Crippen LogP contribution in [0, 0.1) is 11.7 Å². The highest BCUT2D eigenvalue weighted by Crippen LogP contribution is 2.31. The largest absolute Gasteiger partial charge is 0.491 e. The van der Waals surface area contributed by atoms with Crippen molar-refractivity contribution in [2.24, 2.45) is 5.92 Å². The molecular weight excluding hydrogens is 439 g/mol. The molecule has 3 aliphatic heterocycles. The first-order chi connectivity index (χ1) is 16.6. The predicted octanol–water partition coefficient (Wildman–Crippen LogP) is 3.97. The number of carbonyl (C=O) groups is 1. The molecule has 2 aromatic carbocycles. The number of benzene rings is 2. The summed E-state index contributed by atoms with van der Waals surface area (Å²) in [6.45, 7) is 4.81. The smallest absolute Gasteiger partial charge is 0.410 e. The molecule has 34 heavy (non-hydrogen) atoms. The second-order valence-corrected chi connectivity index (χ2v) is 9.22. The highest BCUT2D eigenvalue weighted by molar-refractivity contribution is 5.70. The molecule has 0 spiro atoms. The van der Waals surface area contributed by atoms with Crippen molar-refractivity contribution in [3.8, 4) is 17.2 Å². The molecule has 0 N–H and O–H groups in total. The van der Waals surface area contributed by atoms with E-state index >= 15 is 0 Å². The van der Waals surface area contributed by atoms with Gasteiger partial charge in [0, 0.05) is 13.1 Å². The third-order valence-corrected chi connectivity index (χ3v) is 6.85. The monoisotopic (exact) mass is 470 g/mol. The molecule has 0 aliphatic carbocycles. The van der Waals surface area contributed by atoms with E-state index in [2.05, 4.69) is 4.90 Å². The van der Waals surface area contributed by atoms with Gasteiger partial charge in [-0.05, 0) is 74.7 Å². The number of hydrogen-bond acceptors (Lipinski definition) is 6. The molecule has 3 heterocycles. The number of hydrogen-bond donors (Lipinski definition) is 0. The Kier molecular flexibility index (Phi) is 7.04. The summed E-state index contributed by atoms with van der Waals surface area (Å²) in [7, 11) is 0. The van der Waals surface area contributed by atoms with Crippen molar-refractivity contribution in [3.05, 3.63) is 54.3 Å². The molecule has 2 atom stereocenters. The quantitative estimate of drug-likeness (QED) is 0.582. The Labute approximate surface area is 199 Å². The normalized spacial score (nSPS) is 23.1. The van der Waals surface area contributed by atoms with Gasteiger partial charge in [0.05, 0.1) is 0 Å². The van der Waals surface area contributed by atoms with Gasteiger partial charge in [-0.25, -0.2) is 9.18 Å². The topological polar surface area (TPSA) is 60.5 Å². The summed E-state index contributed by atoms with van der Waals surface area (Å²) < 4.78 is 36.0. The van der Waals surface area contributed by atoms with E-state index in [9.17, 15) is 9.18 Å². The molecule has 2 aromatic rings. The molecule has 5 rings (SSSR count). The minimum Gasteiger partial charge on any atom is -0.491 e. The van der Waals surface area contributed by atoms with Crippen molar-refractivity contribution in [2.75, 3.05) is 46.0 Å². The number of carbonyl (C=O) groups excluding carboxylic acids is 1. The van der Waals surface area contributed by atoms with Crippen LogP contribution in [0.15, 0.2) is 48.5 Å². The lowest BCUT2D eigenvalue weighted by molar-refractivity contribution is 0.0464. The van der Waals surface area contributed by atoms with Crippen LogP contribution in [0.3, 0.4) is 0 Å². The zero-order valence-corrected chi connectivity index (χ0v) is 19.2. The van der Waals surface area contributed by atoms with Gasteiger partial charge in [0.1, 0.15) is 43.5 Å². The number of amides is 1. The van der Waals surface area contributed by atoms with Crippen molar-refractivity contribution < 1.29 is 28.1 Å². The number of piperidine rings is 1. The molecule has 8 heteroatoms. The molecule has 0 unspecified atom stereocenters. The molecule has 1 amide bonds. The minimum absolute atomic E-state index is 0.0488. The Hall–Kier alpha value is -3.00. The maximum atomic E-state index is 13.1. The zero-order valence-electron chi connectivity index (χ0n) is 19.2. The molecule has 182 valence electrons. The number of ether oxygens (including phenoxy) is 4. The predicted molar refractivity (Wildman–Crippen MR) is 124 cm³/mol. The first-order valence-electron chi connectivity index (χ1n) is 12.1. The Morgan fingerprint density at radius 3 is 2.53 bits per heavy atom. The van der Waals surface area contributed by atoms with Crippen molar-refractivity contribution in [1.29, 1.82) is 0 Å². The minimum atomic E-state index is -0.302. The van der Waals surface area contributed by atoms with Crippen molar-refractivity contribution in [2.45, 2.75) is 31.4 Å². The summed E-state index contributed by atoms with van der Waals surface area (Å²) in [4.78, 5) is 16.5. The van der Waals surface area contributed by atoms with Gasteiger partial charge in [-0.3, -0.25) is 9.80 Å². The van der Waals surface area contributed by atoms with Crippen LogP contribution in [0.2, 0.25) is 0 Å². The van der Waals surface area contributed by atoms with Gasteiger partial charge < -0.3 is 18.9 Å². The summed E-state index contributed by atoms with van der Waals surface area (Å²) in [6, 6.07) is 13.6. The van der Waals surface area contributed by atoms with Gasteiger partial charge in [-0.2, -0.15) is 0 Å². The van der Waals surface area contributed by atoms with Gasteiger partial charge >= 0.3 is 6.09 Å². The maximum Gasteiger partial charge on any atom is 0.410 e. The first kappa shape index (κ1) is 22.8. The summed E-state index contributed by atoms with van der Waals surface area (Å²) >= 11 is 0. The van der Waals surface area contributed by atoms with Crippen molar-refractivity contribution in [1.82, 2.24) is 9.80 Å². The SMILES string of the molecule is O=C1OC[C@@H](COc2ccc(F)cc2)N1CCC1CCN(C[C@H]2COc3ccccc3O2)CC1. The first-order valence-corrected chi connectivity index (χ1v) is 12.1. The molecule has 2 fully saturated rings. The summed E-state index contributed by atoms with van der Waals surface area (Å²) in [5, 5.41) is 0. The molecular formula is C26H31FN2O5. The van der Waals surface area contributed by atoms with Crippen LogP contribution in [-0.2, 0) is 4.74 Å². The number of rotatable bonds is 8. The average molecular weight is 471 g/mol. The number of para-hydroxylation sites is 2. The fourth-order valence-corrected chi connectivity index (χ4v) is 4.85. The highest BCUT2D eigenvalue weighted by Gasteiger charge is 2.34. The molecule has 0 radical (unpaired) electrons. The fourth-order valence-electron chi connectivity index (χ4n) is 4.85. The van der Waals surface area contributed by atoms with E-state index in [-0.39, 0.29) is 24.1 Å². The number of nitrogens with zero attached hydrogens (tertiary/aromatic N) is 2. The molecule has 2 saturated heterocycles. The number of likely N-dealkylation sites (tertiary alicyclic amines) is 1. The molecule has 0 saturated carbocycles. The molecule has 7 nitrogen and oxygen atoms in total. The van der Waals surface area contributed by atoms with Crippen LogP contribution in [0.4, 0.5) is 9.18 Å². The van der Waals surface area contributed by atoms with E-state index in [4.69, 9.17) is 18.9 Å². The van der Waals surface area contributed by atoms with Crippen LogP contribution in [0.25, 0.3) is 0 Å². The highest BCUT2D eigenvalue weighted by atomic mass is 19.1. The van der Waals surface area contributed by atoms with Crippen LogP contribution in [-0.4, -0.2) is 74.0 Å². The second kappa shape index (κ2) is 10.5. The van der Waals surface area contributed by atoms with Gasteiger partial charge in [-0.1, -0.05) is 12.1 Å². The fraction of sp³-hybridized carbons (Fsp3) is 0.500. The standard InChI is InChI=1S/C26H31FN2O5/c27-20-5-7-22(8-6-20)31-16-21-17-33-26(30)29(21)14-11-19-9-12-28(13-10-19)15-23-18-32-24-3-1-2-4-25(24)34-23/h1-8,19,21,23H,9-18H2/t21-,23+/m1/s1. The van der Waals surface area contributed by atoms with Crippen LogP contribution >= 0.6 is 0 Å².